The van der Waals surface area contributed by atoms with E-state index < -0.39 is 0 Å². The molecule has 112 valence electrons. The molecule has 0 radical (unpaired) electrons. The lowest BCUT2D eigenvalue weighted by Crippen LogP contribution is -2.10. The first-order valence-electron chi connectivity index (χ1n) is 7.04. The van der Waals surface area contributed by atoms with Gasteiger partial charge in [0.25, 0.3) is 0 Å². The number of rotatable bonds is 6. The van der Waals surface area contributed by atoms with Crippen LogP contribution in [0.1, 0.15) is 23.9 Å². The van der Waals surface area contributed by atoms with Gasteiger partial charge in [0.2, 0.25) is 0 Å². The SMILES string of the molecule is CCc1nc(Cl)c(C)c(NCCc2ccccc2OC)n1. The summed E-state index contributed by atoms with van der Waals surface area (Å²) >= 11 is 6.13. The lowest BCUT2D eigenvalue weighted by molar-refractivity contribution is 0.410. The van der Waals surface area contributed by atoms with Crippen LogP contribution in [-0.2, 0) is 12.8 Å². The molecule has 1 heterocycles. The molecular formula is C16H20ClN3O. The maximum Gasteiger partial charge on any atom is 0.137 e. The first kappa shape index (κ1) is 15.6. The molecule has 0 bridgehead atoms. The molecule has 0 spiro atoms. The number of hydrogen-bond donors (Lipinski definition) is 1. The number of hydrogen-bond acceptors (Lipinski definition) is 4. The fourth-order valence-electron chi connectivity index (χ4n) is 2.09. The van der Waals surface area contributed by atoms with E-state index in [1.807, 2.05) is 32.0 Å². The third-order valence-electron chi connectivity index (χ3n) is 3.33. The predicted octanol–water partition coefficient (Wildman–Crippen LogP) is 3.66. The zero-order valence-electron chi connectivity index (χ0n) is 12.6. The number of nitrogens with zero attached hydrogens (tertiary/aromatic N) is 2. The van der Waals surface area contributed by atoms with Crippen LogP contribution in [0.3, 0.4) is 0 Å². The first-order chi connectivity index (χ1) is 10.2. The van der Waals surface area contributed by atoms with Crippen molar-refractivity contribution in [2.24, 2.45) is 0 Å². The molecule has 1 aromatic heterocycles. The fraction of sp³-hybridized carbons (Fsp3) is 0.375. The zero-order valence-corrected chi connectivity index (χ0v) is 13.4. The van der Waals surface area contributed by atoms with Crippen molar-refractivity contribution in [1.29, 1.82) is 0 Å². The third kappa shape index (κ3) is 3.85. The van der Waals surface area contributed by atoms with Gasteiger partial charge in [-0.25, -0.2) is 9.97 Å². The van der Waals surface area contributed by atoms with Crippen molar-refractivity contribution in [3.63, 3.8) is 0 Å². The zero-order chi connectivity index (χ0) is 15.2. The molecule has 2 aromatic rings. The maximum absolute atomic E-state index is 6.13. The molecule has 0 aliphatic heterocycles. The number of methoxy groups -OCH3 is 1. The lowest BCUT2D eigenvalue weighted by Gasteiger charge is -2.12. The molecule has 0 aliphatic rings. The summed E-state index contributed by atoms with van der Waals surface area (Å²) in [5, 5.41) is 3.85. The summed E-state index contributed by atoms with van der Waals surface area (Å²) in [5.41, 5.74) is 2.05. The standard InChI is InChI=1S/C16H20ClN3O/c1-4-14-19-15(17)11(2)16(20-14)18-10-9-12-7-5-6-8-13(12)21-3/h5-8H,4,9-10H2,1-3H3,(H,18,19,20). The van der Waals surface area contributed by atoms with Crippen LogP contribution >= 0.6 is 11.6 Å². The Labute approximate surface area is 130 Å². The molecule has 0 atom stereocenters. The molecule has 5 heteroatoms. The molecular weight excluding hydrogens is 286 g/mol. The van der Waals surface area contributed by atoms with Gasteiger partial charge in [0.15, 0.2) is 0 Å². The van der Waals surface area contributed by atoms with Gasteiger partial charge in [0.05, 0.1) is 7.11 Å². The molecule has 0 saturated carbocycles. The Morgan fingerprint density at radius 2 is 2.00 bits per heavy atom. The number of benzene rings is 1. The fourth-order valence-corrected chi connectivity index (χ4v) is 2.28. The summed E-state index contributed by atoms with van der Waals surface area (Å²) in [6, 6.07) is 8.02. The van der Waals surface area contributed by atoms with E-state index in [1.54, 1.807) is 7.11 Å². The molecule has 21 heavy (non-hydrogen) atoms. The molecule has 2 rings (SSSR count). The van der Waals surface area contributed by atoms with E-state index in [0.717, 1.165) is 42.3 Å². The number of para-hydroxylation sites is 1. The topological polar surface area (TPSA) is 47.0 Å². The Bertz CT molecular complexity index is 616. The summed E-state index contributed by atoms with van der Waals surface area (Å²) in [6.07, 6.45) is 1.62. The average Bonchev–Trinajstić information content (AvgIpc) is 2.51. The van der Waals surface area contributed by atoms with E-state index in [2.05, 4.69) is 21.4 Å². The minimum Gasteiger partial charge on any atom is -0.496 e. The van der Waals surface area contributed by atoms with Crippen molar-refractivity contribution in [3.8, 4) is 5.75 Å². The second kappa shape index (κ2) is 7.27. The summed E-state index contributed by atoms with van der Waals surface area (Å²) in [4.78, 5) is 8.73. The Hall–Kier alpha value is -1.81. The van der Waals surface area contributed by atoms with Gasteiger partial charge >= 0.3 is 0 Å². The highest BCUT2D eigenvalue weighted by molar-refractivity contribution is 6.30. The molecule has 0 unspecified atom stereocenters. The van der Waals surface area contributed by atoms with Crippen LogP contribution in [0.15, 0.2) is 24.3 Å². The Balaban J connectivity index is 2.05. The van der Waals surface area contributed by atoms with E-state index in [-0.39, 0.29) is 0 Å². The second-order valence-corrected chi connectivity index (χ2v) is 5.10. The highest BCUT2D eigenvalue weighted by Gasteiger charge is 2.08. The molecule has 4 nitrogen and oxygen atoms in total. The number of anilines is 1. The highest BCUT2D eigenvalue weighted by atomic mass is 35.5. The molecule has 0 amide bonds. The highest BCUT2D eigenvalue weighted by Crippen LogP contribution is 2.21. The van der Waals surface area contributed by atoms with Crippen LogP contribution in [-0.4, -0.2) is 23.6 Å². The van der Waals surface area contributed by atoms with Crippen molar-refractivity contribution in [2.45, 2.75) is 26.7 Å². The monoisotopic (exact) mass is 305 g/mol. The van der Waals surface area contributed by atoms with Crippen molar-refractivity contribution in [1.82, 2.24) is 9.97 Å². The minimum atomic E-state index is 0.515. The van der Waals surface area contributed by atoms with Crippen LogP contribution < -0.4 is 10.1 Å². The summed E-state index contributed by atoms with van der Waals surface area (Å²) < 4.78 is 5.35. The van der Waals surface area contributed by atoms with E-state index >= 15 is 0 Å². The van der Waals surface area contributed by atoms with Crippen molar-refractivity contribution >= 4 is 17.4 Å². The van der Waals surface area contributed by atoms with Crippen molar-refractivity contribution in [3.05, 3.63) is 46.4 Å². The first-order valence-corrected chi connectivity index (χ1v) is 7.42. The van der Waals surface area contributed by atoms with E-state index in [9.17, 15) is 0 Å². The van der Waals surface area contributed by atoms with E-state index in [0.29, 0.717) is 5.15 Å². The number of aromatic nitrogens is 2. The molecule has 0 fully saturated rings. The normalized spacial score (nSPS) is 10.5. The number of aryl methyl sites for hydroxylation is 1. The third-order valence-corrected chi connectivity index (χ3v) is 3.70. The minimum absolute atomic E-state index is 0.515. The molecule has 0 aliphatic carbocycles. The van der Waals surface area contributed by atoms with Gasteiger partial charge in [-0.1, -0.05) is 36.7 Å². The van der Waals surface area contributed by atoms with Crippen molar-refractivity contribution < 1.29 is 4.74 Å². The number of ether oxygens (including phenoxy) is 1. The van der Waals surface area contributed by atoms with E-state index in [1.165, 1.54) is 5.56 Å². The van der Waals surface area contributed by atoms with Gasteiger partial charge in [-0.3, -0.25) is 0 Å². The molecule has 1 aromatic carbocycles. The Morgan fingerprint density at radius 1 is 1.24 bits per heavy atom. The van der Waals surface area contributed by atoms with Gasteiger partial charge in [0.1, 0.15) is 22.5 Å². The van der Waals surface area contributed by atoms with Crippen LogP contribution in [0, 0.1) is 6.92 Å². The van der Waals surface area contributed by atoms with Gasteiger partial charge in [-0.05, 0) is 25.0 Å². The van der Waals surface area contributed by atoms with E-state index in [4.69, 9.17) is 16.3 Å². The summed E-state index contributed by atoms with van der Waals surface area (Å²) in [5.74, 6) is 2.47. The van der Waals surface area contributed by atoms with Crippen molar-refractivity contribution in [2.75, 3.05) is 19.0 Å². The van der Waals surface area contributed by atoms with Crippen LogP contribution in [0.5, 0.6) is 5.75 Å². The van der Waals surface area contributed by atoms with Gasteiger partial charge < -0.3 is 10.1 Å². The summed E-state index contributed by atoms with van der Waals surface area (Å²) in [7, 11) is 1.69. The molecule has 1 N–H and O–H groups in total. The number of halogens is 1. The van der Waals surface area contributed by atoms with Crippen LogP contribution in [0.2, 0.25) is 5.15 Å². The van der Waals surface area contributed by atoms with Crippen LogP contribution in [0.4, 0.5) is 5.82 Å². The van der Waals surface area contributed by atoms with Gasteiger partial charge in [-0.2, -0.15) is 0 Å². The second-order valence-electron chi connectivity index (χ2n) is 4.75. The lowest BCUT2D eigenvalue weighted by atomic mass is 10.1. The predicted molar refractivity (Wildman–Crippen MR) is 86.3 cm³/mol. The van der Waals surface area contributed by atoms with Gasteiger partial charge in [-0.15, -0.1) is 0 Å². The largest absolute Gasteiger partial charge is 0.496 e. The molecule has 0 saturated heterocycles. The Kier molecular flexibility index (Phi) is 5.39. The Morgan fingerprint density at radius 3 is 2.71 bits per heavy atom. The van der Waals surface area contributed by atoms with Gasteiger partial charge in [0, 0.05) is 18.5 Å². The maximum atomic E-state index is 6.13. The van der Waals surface area contributed by atoms with Crippen LogP contribution in [0.25, 0.3) is 0 Å². The smallest absolute Gasteiger partial charge is 0.137 e. The quantitative estimate of drug-likeness (QED) is 0.827. The summed E-state index contributed by atoms with van der Waals surface area (Å²) in [6.45, 7) is 4.70. The average molecular weight is 306 g/mol. The number of nitrogens with one attached hydrogen (secondary N) is 1.